The molecule has 3 aromatic rings. The van der Waals surface area contributed by atoms with Gasteiger partial charge in [0.2, 0.25) is 11.9 Å². The van der Waals surface area contributed by atoms with Crippen LogP contribution in [-0.2, 0) is 17.9 Å². The molecule has 0 atom stereocenters. The molecule has 0 bridgehead atoms. The number of carbonyl (C=O) groups is 1. The van der Waals surface area contributed by atoms with E-state index in [2.05, 4.69) is 20.5 Å². The lowest BCUT2D eigenvalue weighted by molar-refractivity contribution is -0.385. The number of carbonyl (C=O) groups excluding carboxylic acids is 1. The molecular weight excluding hydrogens is 381 g/mol. The van der Waals surface area contributed by atoms with Crippen LogP contribution in [0.1, 0.15) is 11.3 Å². The molecule has 10 nitrogen and oxygen atoms in total. The quantitative estimate of drug-likeness (QED) is 0.506. The fraction of sp³-hybridized carbons (Fsp3) is 0.200. The maximum Gasteiger partial charge on any atom is 0.309 e. The Hall–Kier alpha value is -3.34. The molecule has 1 aromatic carbocycles. The molecule has 0 saturated heterocycles. The van der Waals surface area contributed by atoms with Gasteiger partial charge in [-0.05, 0) is 24.6 Å². The number of nitrogens with one attached hydrogen (secondary N) is 1. The van der Waals surface area contributed by atoms with Gasteiger partial charge in [-0.2, -0.15) is 5.10 Å². The lowest BCUT2D eigenvalue weighted by Gasteiger charge is -2.04. The molecule has 1 N–H and O–H groups in total. The zero-order valence-electron chi connectivity index (χ0n) is 14.0. The highest BCUT2D eigenvalue weighted by atomic mass is 35.5. The van der Waals surface area contributed by atoms with Crippen LogP contribution in [0.2, 0.25) is 5.02 Å². The van der Waals surface area contributed by atoms with E-state index in [1.54, 1.807) is 0 Å². The first kappa shape index (κ1) is 18.5. The van der Waals surface area contributed by atoms with Crippen molar-refractivity contribution in [2.75, 3.05) is 5.32 Å². The minimum atomic E-state index is -0.569. The minimum absolute atomic E-state index is 0.0533. The van der Waals surface area contributed by atoms with Crippen LogP contribution >= 0.6 is 11.6 Å². The Morgan fingerprint density at radius 2 is 2.22 bits per heavy atom. The van der Waals surface area contributed by atoms with E-state index in [0.717, 1.165) is 6.20 Å². The van der Waals surface area contributed by atoms with Crippen LogP contribution in [-0.4, -0.2) is 35.4 Å². The SMILES string of the molecule is Cc1c([N+](=O)[O-])cnn1CC(=O)Nc1ncn(Cc2ccc(F)cc2Cl)n1. The van der Waals surface area contributed by atoms with E-state index in [1.807, 2.05) is 0 Å². The third kappa shape index (κ3) is 4.26. The first-order valence-corrected chi connectivity index (χ1v) is 8.01. The average molecular weight is 394 g/mol. The lowest BCUT2D eigenvalue weighted by Crippen LogP contribution is -2.21. The molecule has 1 amide bonds. The van der Waals surface area contributed by atoms with Crippen molar-refractivity contribution >= 4 is 29.1 Å². The summed E-state index contributed by atoms with van der Waals surface area (Å²) in [6.07, 6.45) is 2.47. The summed E-state index contributed by atoms with van der Waals surface area (Å²) in [6, 6.07) is 4.01. The number of anilines is 1. The van der Waals surface area contributed by atoms with Gasteiger partial charge in [-0.1, -0.05) is 17.7 Å². The van der Waals surface area contributed by atoms with Gasteiger partial charge in [-0.15, -0.1) is 5.10 Å². The average Bonchev–Trinajstić information content (AvgIpc) is 3.17. The van der Waals surface area contributed by atoms with Gasteiger partial charge in [0, 0.05) is 5.02 Å². The number of hydrogen-bond acceptors (Lipinski definition) is 6. The van der Waals surface area contributed by atoms with E-state index < -0.39 is 16.6 Å². The second-order valence-corrected chi connectivity index (χ2v) is 5.99. The molecule has 140 valence electrons. The molecule has 27 heavy (non-hydrogen) atoms. The van der Waals surface area contributed by atoms with E-state index in [9.17, 15) is 19.3 Å². The van der Waals surface area contributed by atoms with Crippen LogP contribution in [0.15, 0.2) is 30.7 Å². The zero-order chi connectivity index (χ0) is 19.6. The summed E-state index contributed by atoms with van der Waals surface area (Å²) in [7, 11) is 0. The highest BCUT2D eigenvalue weighted by Crippen LogP contribution is 2.18. The van der Waals surface area contributed by atoms with Gasteiger partial charge >= 0.3 is 5.69 Å². The van der Waals surface area contributed by atoms with E-state index in [0.29, 0.717) is 5.56 Å². The molecular formula is C15H13ClFN7O3. The summed E-state index contributed by atoms with van der Waals surface area (Å²) < 4.78 is 15.7. The first-order chi connectivity index (χ1) is 12.8. The van der Waals surface area contributed by atoms with Crippen molar-refractivity contribution in [1.29, 1.82) is 0 Å². The van der Waals surface area contributed by atoms with Crippen molar-refractivity contribution in [2.24, 2.45) is 0 Å². The van der Waals surface area contributed by atoms with Gasteiger partial charge in [-0.25, -0.2) is 14.1 Å². The molecule has 0 unspecified atom stereocenters. The van der Waals surface area contributed by atoms with Crippen LogP contribution in [0.25, 0.3) is 0 Å². The van der Waals surface area contributed by atoms with Gasteiger partial charge in [0.1, 0.15) is 30.6 Å². The van der Waals surface area contributed by atoms with E-state index in [1.165, 1.54) is 40.8 Å². The second kappa shape index (κ2) is 7.50. The second-order valence-electron chi connectivity index (χ2n) is 5.58. The molecule has 0 fully saturated rings. The van der Waals surface area contributed by atoms with Gasteiger partial charge in [0.25, 0.3) is 0 Å². The van der Waals surface area contributed by atoms with Crippen molar-refractivity contribution in [2.45, 2.75) is 20.0 Å². The number of halogens is 2. The number of nitro groups is 1. The van der Waals surface area contributed by atoms with Crippen molar-refractivity contribution < 1.29 is 14.1 Å². The van der Waals surface area contributed by atoms with Crippen molar-refractivity contribution in [3.63, 3.8) is 0 Å². The molecule has 0 spiro atoms. The van der Waals surface area contributed by atoms with Crippen LogP contribution in [0, 0.1) is 22.9 Å². The number of amides is 1. The number of aromatic nitrogens is 5. The Kier molecular flexibility index (Phi) is 5.12. The van der Waals surface area contributed by atoms with E-state index >= 15 is 0 Å². The topological polar surface area (TPSA) is 121 Å². The fourth-order valence-corrected chi connectivity index (χ4v) is 2.56. The van der Waals surface area contributed by atoms with Crippen LogP contribution in [0.5, 0.6) is 0 Å². The van der Waals surface area contributed by atoms with Crippen molar-refractivity contribution in [3.05, 3.63) is 62.9 Å². The molecule has 2 heterocycles. The Balaban J connectivity index is 1.63. The molecule has 0 aliphatic heterocycles. The van der Waals surface area contributed by atoms with Crippen LogP contribution < -0.4 is 5.32 Å². The Bertz CT molecular complexity index is 1020. The summed E-state index contributed by atoms with van der Waals surface area (Å²) >= 11 is 5.97. The van der Waals surface area contributed by atoms with E-state index in [4.69, 9.17) is 11.6 Å². The largest absolute Gasteiger partial charge is 0.309 e. The Morgan fingerprint density at radius 1 is 1.44 bits per heavy atom. The molecule has 0 aliphatic rings. The molecule has 0 aliphatic carbocycles. The van der Waals surface area contributed by atoms with Gasteiger partial charge in [-0.3, -0.25) is 24.9 Å². The van der Waals surface area contributed by atoms with Gasteiger partial charge < -0.3 is 0 Å². The molecule has 12 heteroatoms. The summed E-state index contributed by atoms with van der Waals surface area (Å²) in [5.74, 6) is -0.879. The Labute approximate surface area is 156 Å². The standard InChI is InChI=1S/C15H13ClFN7O3/c1-9-13(24(26)27)5-19-23(9)7-14(25)20-15-18-8-22(21-15)6-10-2-3-11(17)4-12(10)16/h2-5,8H,6-7H2,1H3,(H,20,21,25). The summed E-state index contributed by atoms with van der Waals surface area (Å²) in [5, 5.41) is 21.5. The lowest BCUT2D eigenvalue weighted by atomic mass is 10.2. The number of rotatable bonds is 6. The number of benzene rings is 1. The summed E-state index contributed by atoms with van der Waals surface area (Å²) in [5.41, 5.74) is 0.737. The summed E-state index contributed by atoms with van der Waals surface area (Å²) in [6.45, 7) is 1.52. The van der Waals surface area contributed by atoms with Crippen LogP contribution in [0.4, 0.5) is 16.0 Å². The number of hydrogen-bond donors (Lipinski definition) is 1. The highest BCUT2D eigenvalue weighted by Gasteiger charge is 2.18. The monoisotopic (exact) mass is 393 g/mol. The molecule has 0 saturated carbocycles. The number of nitrogens with zero attached hydrogens (tertiary/aromatic N) is 6. The Morgan fingerprint density at radius 3 is 2.89 bits per heavy atom. The molecule has 3 rings (SSSR count). The van der Waals surface area contributed by atoms with Crippen LogP contribution in [0.3, 0.4) is 0 Å². The predicted molar refractivity (Wildman–Crippen MR) is 92.8 cm³/mol. The van der Waals surface area contributed by atoms with Gasteiger partial charge in [0.15, 0.2) is 0 Å². The maximum atomic E-state index is 13.1. The molecule has 2 aromatic heterocycles. The maximum absolute atomic E-state index is 13.1. The van der Waals surface area contributed by atoms with Crippen molar-refractivity contribution in [1.82, 2.24) is 24.5 Å². The smallest absolute Gasteiger partial charge is 0.292 e. The van der Waals surface area contributed by atoms with E-state index in [-0.39, 0.29) is 35.4 Å². The predicted octanol–water partition coefficient (Wildman–Crippen LogP) is 2.17. The van der Waals surface area contributed by atoms with Crippen molar-refractivity contribution in [3.8, 4) is 0 Å². The third-order valence-electron chi connectivity index (χ3n) is 3.70. The van der Waals surface area contributed by atoms with Gasteiger partial charge in [0.05, 0.1) is 11.5 Å². The third-order valence-corrected chi connectivity index (χ3v) is 4.05. The summed E-state index contributed by atoms with van der Waals surface area (Å²) in [4.78, 5) is 26.3. The minimum Gasteiger partial charge on any atom is -0.292 e. The highest BCUT2D eigenvalue weighted by molar-refractivity contribution is 6.31. The normalized spacial score (nSPS) is 10.8. The fourth-order valence-electron chi connectivity index (χ4n) is 2.33. The molecule has 0 radical (unpaired) electrons. The zero-order valence-corrected chi connectivity index (χ0v) is 14.7. The first-order valence-electron chi connectivity index (χ1n) is 7.63.